The van der Waals surface area contributed by atoms with E-state index in [0.717, 1.165) is 0 Å². The Morgan fingerprint density at radius 3 is 2.21 bits per heavy atom. The maximum atomic E-state index is 10.8. The third kappa shape index (κ3) is 3.85. The van der Waals surface area contributed by atoms with E-state index in [2.05, 4.69) is 0 Å². The molecule has 6 atom stereocenters. The van der Waals surface area contributed by atoms with Crippen molar-refractivity contribution >= 4 is 11.9 Å². The molecule has 5 N–H and O–H groups in total. The van der Waals surface area contributed by atoms with Crippen LogP contribution in [0.25, 0.3) is 0 Å². The summed E-state index contributed by atoms with van der Waals surface area (Å²) in [6.45, 7) is 1.39. The number of aliphatic carboxylic acids is 2. The van der Waals surface area contributed by atoms with Gasteiger partial charge in [-0.3, -0.25) is 4.79 Å². The fourth-order valence-corrected chi connectivity index (χ4v) is 1.69. The van der Waals surface area contributed by atoms with Crippen molar-refractivity contribution in [3.8, 4) is 0 Å². The van der Waals surface area contributed by atoms with Crippen molar-refractivity contribution in [1.29, 1.82) is 0 Å². The molecule has 19 heavy (non-hydrogen) atoms. The minimum Gasteiger partial charge on any atom is -0.481 e. The number of aliphatic hydroxyl groups is 3. The number of hydrogen-bond donors (Lipinski definition) is 5. The summed E-state index contributed by atoms with van der Waals surface area (Å²) in [7, 11) is 0. The molecule has 0 aromatic carbocycles. The van der Waals surface area contributed by atoms with Crippen LogP contribution in [-0.4, -0.2) is 74.3 Å². The quantitative estimate of drug-likeness (QED) is 0.376. The third-order valence-corrected chi connectivity index (χ3v) is 2.64. The summed E-state index contributed by atoms with van der Waals surface area (Å²) in [6, 6.07) is 0. The van der Waals surface area contributed by atoms with Crippen LogP contribution in [0.4, 0.5) is 0 Å². The highest BCUT2D eigenvalue weighted by Crippen LogP contribution is 2.23. The lowest BCUT2D eigenvalue weighted by Crippen LogP contribution is -2.60. The van der Waals surface area contributed by atoms with Crippen molar-refractivity contribution in [2.75, 3.05) is 0 Å². The van der Waals surface area contributed by atoms with Crippen LogP contribution in [0, 0.1) is 0 Å². The van der Waals surface area contributed by atoms with Crippen LogP contribution < -0.4 is 0 Å². The van der Waals surface area contributed by atoms with Gasteiger partial charge in [0.25, 0.3) is 0 Å². The number of carbonyl (C=O) groups is 2. The van der Waals surface area contributed by atoms with Crippen LogP contribution in [0.15, 0.2) is 0 Å². The van der Waals surface area contributed by atoms with Crippen LogP contribution in [0.3, 0.4) is 0 Å². The largest absolute Gasteiger partial charge is 0.481 e. The van der Waals surface area contributed by atoms with Crippen molar-refractivity contribution in [3.63, 3.8) is 0 Å². The summed E-state index contributed by atoms with van der Waals surface area (Å²) in [5, 5.41) is 45.8. The highest BCUT2D eigenvalue weighted by Gasteiger charge is 2.47. The Morgan fingerprint density at radius 1 is 1.16 bits per heavy atom. The summed E-state index contributed by atoms with van der Waals surface area (Å²) in [6.07, 6.45) is -9.80. The third-order valence-electron chi connectivity index (χ3n) is 2.64. The molecule has 0 spiro atoms. The first-order valence-electron chi connectivity index (χ1n) is 5.53. The number of hydrogen-bond acceptors (Lipinski definition) is 7. The van der Waals surface area contributed by atoms with Gasteiger partial charge in [-0.15, -0.1) is 0 Å². The Morgan fingerprint density at radius 2 is 1.74 bits per heavy atom. The highest BCUT2D eigenvalue weighted by molar-refractivity contribution is 5.73. The van der Waals surface area contributed by atoms with Crippen molar-refractivity contribution in [3.05, 3.63) is 0 Å². The molecule has 1 heterocycles. The van der Waals surface area contributed by atoms with E-state index in [1.807, 2.05) is 0 Å². The maximum absolute atomic E-state index is 10.8. The lowest BCUT2D eigenvalue weighted by molar-refractivity contribution is -0.303. The molecule has 0 aromatic heterocycles. The highest BCUT2D eigenvalue weighted by atomic mass is 16.7. The van der Waals surface area contributed by atoms with Crippen molar-refractivity contribution in [1.82, 2.24) is 0 Å². The second kappa shape index (κ2) is 6.26. The van der Waals surface area contributed by atoms with Gasteiger partial charge in [-0.1, -0.05) is 0 Å². The van der Waals surface area contributed by atoms with Crippen LogP contribution in [0.2, 0.25) is 0 Å². The van der Waals surface area contributed by atoms with Gasteiger partial charge in [-0.05, 0) is 6.92 Å². The van der Waals surface area contributed by atoms with Crippen LogP contribution >= 0.6 is 0 Å². The molecule has 0 aliphatic carbocycles. The van der Waals surface area contributed by atoms with Gasteiger partial charge in [0.15, 0.2) is 12.4 Å². The molecular weight excluding hydrogens is 264 g/mol. The molecule has 9 heteroatoms. The predicted molar refractivity (Wildman–Crippen MR) is 57.1 cm³/mol. The van der Waals surface area contributed by atoms with Gasteiger partial charge < -0.3 is 35.0 Å². The fraction of sp³-hybridized carbons (Fsp3) is 0.800. The maximum Gasteiger partial charge on any atom is 0.335 e. The van der Waals surface area contributed by atoms with Crippen molar-refractivity contribution < 1.29 is 44.6 Å². The molecule has 1 fully saturated rings. The molecule has 9 nitrogen and oxygen atoms in total. The lowest BCUT2D eigenvalue weighted by Gasteiger charge is -2.39. The summed E-state index contributed by atoms with van der Waals surface area (Å²) in [5.74, 6) is -2.67. The van der Waals surface area contributed by atoms with Crippen LogP contribution in [0.1, 0.15) is 13.3 Å². The number of carboxylic acid groups (broad SMARTS) is 2. The molecule has 0 bridgehead atoms. The first-order chi connectivity index (χ1) is 8.73. The summed E-state index contributed by atoms with van der Waals surface area (Å²) < 4.78 is 9.85. The minimum absolute atomic E-state index is 0.386. The van der Waals surface area contributed by atoms with Gasteiger partial charge in [0.1, 0.15) is 18.3 Å². The standard InChI is InChI=1S/C10H16O9/c1-3(2-4(11)12)18-10-7(15)5(13)6(14)8(19-10)9(16)17/h3,5-8,10,13-15H,2H2,1H3,(H,11,12)(H,16,17)/t3?,5?,6-,7?,8?,10+/m0/s1. The SMILES string of the molecule is CC(CC(=O)O)O[C@@H]1OC(C(=O)O)[C@@H](O)C(O)C1O. The number of carboxylic acids is 2. The molecule has 1 saturated heterocycles. The minimum atomic E-state index is -1.80. The molecule has 0 amide bonds. The van der Waals surface area contributed by atoms with E-state index in [1.165, 1.54) is 6.92 Å². The van der Waals surface area contributed by atoms with E-state index in [4.69, 9.17) is 19.7 Å². The monoisotopic (exact) mass is 280 g/mol. The molecule has 0 aromatic rings. The zero-order chi connectivity index (χ0) is 14.7. The Hall–Kier alpha value is -1.26. The van der Waals surface area contributed by atoms with Crippen molar-refractivity contribution in [2.45, 2.75) is 50.2 Å². The zero-order valence-electron chi connectivity index (χ0n) is 10.0. The average Bonchev–Trinajstić information content (AvgIpc) is 2.28. The van der Waals surface area contributed by atoms with Gasteiger partial charge in [0, 0.05) is 0 Å². The van der Waals surface area contributed by atoms with Gasteiger partial charge in [0.2, 0.25) is 0 Å². The van der Waals surface area contributed by atoms with Crippen LogP contribution in [0.5, 0.6) is 0 Å². The van der Waals surface area contributed by atoms with E-state index < -0.39 is 48.7 Å². The molecule has 1 aliphatic heterocycles. The number of aliphatic hydroxyl groups excluding tert-OH is 3. The summed E-state index contributed by atoms with van der Waals surface area (Å²) in [4.78, 5) is 21.3. The Labute approximate surface area is 108 Å². The zero-order valence-corrected chi connectivity index (χ0v) is 10.0. The Bertz CT molecular complexity index is 344. The Kier molecular flexibility index (Phi) is 5.20. The second-order valence-corrected chi connectivity index (χ2v) is 4.28. The van der Waals surface area contributed by atoms with Gasteiger partial charge in [-0.25, -0.2) is 4.79 Å². The summed E-state index contributed by atoms with van der Waals surface area (Å²) >= 11 is 0. The van der Waals surface area contributed by atoms with E-state index >= 15 is 0 Å². The smallest absolute Gasteiger partial charge is 0.335 e. The van der Waals surface area contributed by atoms with Gasteiger partial charge in [-0.2, -0.15) is 0 Å². The molecule has 0 radical (unpaired) electrons. The first kappa shape index (κ1) is 15.8. The summed E-state index contributed by atoms with van der Waals surface area (Å²) in [5.41, 5.74) is 0. The lowest BCUT2D eigenvalue weighted by atomic mass is 9.99. The van der Waals surface area contributed by atoms with Gasteiger partial charge >= 0.3 is 11.9 Å². The molecule has 0 saturated carbocycles. The Balaban J connectivity index is 2.71. The van der Waals surface area contributed by atoms with E-state index in [9.17, 15) is 24.9 Å². The molecule has 4 unspecified atom stereocenters. The normalized spacial score (nSPS) is 36.7. The molecule has 1 rings (SSSR count). The second-order valence-electron chi connectivity index (χ2n) is 4.28. The van der Waals surface area contributed by atoms with E-state index in [0.29, 0.717) is 0 Å². The van der Waals surface area contributed by atoms with Crippen LogP contribution in [-0.2, 0) is 19.1 Å². The topological polar surface area (TPSA) is 154 Å². The fourth-order valence-electron chi connectivity index (χ4n) is 1.69. The van der Waals surface area contributed by atoms with Crippen molar-refractivity contribution in [2.24, 2.45) is 0 Å². The predicted octanol–water partition coefficient (Wildman–Crippen LogP) is -2.24. The molecular formula is C10H16O9. The van der Waals surface area contributed by atoms with E-state index in [1.54, 1.807) is 0 Å². The average molecular weight is 280 g/mol. The molecule has 110 valence electrons. The molecule has 1 aliphatic rings. The van der Waals surface area contributed by atoms with Gasteiger partial charge in [0.05, 0.1) is 12.5 Å². The first-order valence-corrected chi connectivity index (χ1v) is 5.53. The van der Waals surface area contributed by atoms with E-state index in [-0.39, 0.29) is 6.42 Å². The number of ether oxygens (including phenoxy) is 2. The number of rotatable bonds is 5.